The molecule has 0 bridgehead atoms. The zero-order valence-electron chi connectivity index (χ0n) is 12.6. The van der Waals surface area contributed by atoms with Gasteiger partial charge in [-0.05, 0) is 26.0 Å². The van der Waals surface area contributed by atoms with Crippen LogP contribution in [0, 0.1) is 13.8 Å². The molecule has 0 radical (unpaired) electrons. The molecule has 22 heavy (non-hydrogen) atoms. The van der Waals surface area contributed by atoms with Gasteiger partial charge < -0.3 is 11.2 Å². The van der Waals surface area contributed by atoms with E-state index in [2.05, 4.69) is 46.7 Å². The number of hydrogen-bond acceptors (Lipinski definition) is 6. The maximum absolute atomic E-state index is 11.8. The Bertz CT molecular complexity index is 627. The number of amides is 1. The van der Waals surface area contributed by atoms with Gasteiger partial charge in [0.2, 0.25) is 11.1 Å². The number of aryl methyl sites for hydroxylation is 2. The molecule has 118 valence electrons. The van der Waals surface area contributed by atoms with Crippen LogP contribution in [0.5, 0.6) is 0 Å². The van der Waals surface area contributed by atoms with Crippen LogP contribution in [0.2, 0.25) is 0 Å². The van der Waals surface area contributed by atoms with Gasteiger partial charge in [-0.3, -0.25) is 4.79 Å². The van der Waals surface area contributed by atoms with E-state index in [-0.39, 0.29) is 11.7 Å². The fourth-order valence-electron chi connectivity index (χ4n) is 1.62. The van der Waals surface area contributed by atoms with Gasteiger partial charge in [0.1, 0.15) is 5.82 Å². The number of thioether (sulfide) groups is 2. The summed E-state index contributed by atoms with van der Waals surface area (Å²) in [5.74, 6) is 7.43. The van der Waals surface area contributed by atoms with Gasteiger partial charge in [-0.2, -0.15) is 0 Å². The van der Waals surface area contributed by atoms with Crippen molar-refractivity contribution in [2.75, 3.05) is 23.9 Å². The van der Waals surface area contributed by atoms with Crippen molar-refractivity contribution < 1.29 is 4.79 Å². The Kier molecular flexibility index (Phi) is 6.14. The Labute approximate surface area is 138 Å². The topological polar surface area (TPSA) is 85.8 Å². The number of nitrogens with two attached hydrogens (primary N) is 1. The van der Waals surface area contributed by atoms with Crippen molar-refractivity contribution >= 4 is 29.4 Å². The van der Waals surface area contributed by atoms with E-state index in [0.717, 1.165) is 5.75 Å². The molecule has 3 N–H and O–H groups in total. The van der Waals surface area contributed by atoms with Crippen molar-refractivity contribution in [1.82, 2.24) is 20.2 Å². The van der Waals surface area contributed by atoms with Gasteiger partial charge in [-0.1, -0.05) is 29.5 Å². The summed E-state index contributed by atoms with van der Waals surface area (Å²) in [6.45, 7) is 4.46. The Hall–Kier alpha value is -1.67. The number of carbonyl (C=O) groups excluding carboxylic acids is 1. The number of nitrogens with one attached hydrogen (secondary N) is 1. The molecule has 8 heteroatoms. The van der Waals surface area contributed by atoms with Crippen molar-refractivity contribution in [2.24, 2.45) is 0 Å². The fourth-order valence-corrected chi connectivity index (χ4v) is 3.12. The molecular formula is C14H19N5OS2. The van der Waals surface area contributed by atoms with Crippen molar-refractivity contribution in [3.63, 3.8) is 0 Å². The van der Waals surface area contributed by atoms with E-state index in [4.69, 9.17) is 5.84 Å². The molecule has 1 aromatic heterocycles. The molecule has 2 rings (SSSR count). The summed E-state index contributed by atoms with van der Waals surface area (Å²) in [5, 5.41) is 11.2. The maximum Gasteiger partial charge on any atom is 0.230 e. The zero-order chi connectivity index (χ0) is 15.9. The first-order valence-electron chi connectivity index (χ1n) is 6.82. The summed E-state index contributed by atoms with van der Waals surface area (Å²) in [4.78, 5) is 13.0. The van der Waals surface area contributed by atoms with Crippen LogP contribution in [0.3, 0.4) is 0 Å². The summed E-state index contributed by atoms with van der Waals surface area (Å²) in [5.41, 5.74) is 1.25. The molecular weight excluding hydrogens is 318 g/mol. The SMILES string of the molecule is Cc1ccc(SCCNC(=O)CSc2nnc(C)n2N)cc1. The molecule has 1 aromatic carbocycles. The van der Waals surface area contributed by atoms with Crippen LogP contribution < -0.4 is 11.2 Å². The lowest BCUT2D eigenvalue weighted by Gasteiger charge is -2.05. The summed E-state index contributed by atoms with van der Waals surface area (Å²) in [7, 11) is 0. The van der Waals surface area contributed by atoms with E-state index >= 15 is 0 Å². The first-order valence-corrected chi connectivity index (χ1v) is 8.79. The van der Waals surface area contributed by atoms with Gasteiger partial charge in [0.05, 0.1) is 5.75 Å². The molecule has 0 saturated carbocycles. The minimum atomic E-state index is -0.0323. The summed E-state index contributed by atoms with van der Waals surface area (Å²) >= 11 is 3.00. The molecule has 0 fully saturated rings. The van der Waals surface area contributed by atoms with Crippen LogP contribution in [0.4, 0.5) is 0 Å². The predicted molar refractivity (Wildman–Crippen MR) is 90.5 cm³/mol. The summed E-state index contributed by atoms with van der Waals surface area (Å²) in [6.07, 6.45) is 0. The average molecular weight is 337 g/mol. The molecule has 0 aliphatic heterocycles. The van der Waals surface area contributed by atoms with E-state index in [0.29, 0.717) is 17.5 Å². The van der Waals surface area contributed by atoms with Gasteiger partial charge in [0.15, 0.2) is 0 Å². The minimum Gasteiger partial charge on any atom is -0.355 e. The Balaban J connectivity index is 1.63. The van der Waals surface area contributed by atoms with E-state index in [9.17, 15) is 4.79 Å². The number of nitrogen functional groups attached to an aromatic ring is 1. The molecule has 0 unspecified atom stereocenters. The highest BCUT2D eigenvalue weighted by molar-refractivity contribution is 7.99. The molecule has 1 amide bonds. The summed E-state index contributed by atoms with van der Waals surface area (Å²) in [6, 6.07) is 8.35. The first kappa shape index (κ1) is 16.7. The second kappa shape index (κ2) is 8.09. The normalized spacial score (nSPS) is 10.6. The molecule has 2 aromatic rings. The Morgan fingerprint density at radius 2 is 1.95 bits per heavy atom. The van der Waals surface area contributed by atoms with Gasteiger partial charge in [-0.15, -0.1) is 22.0 Å². The number of aromatic nitrogens is 3. The quantitative estimate of drug-likeness (QED) is 0.453. The van der Waals surface area contributed by atoms with Gasteiger partial charge in [-0.25, -0.2) is 4.68 Å². The van der Waals surface area contributed by atoms with Crippen LogP contribution in [-0.2, 0) is 4.79 Å². The second-order valence-electron chi connectivity index (χ2n) is 4.70. The highest BCUT2D eigenvalue weighted by Crippen LogP contribution is 2.17. The van der Waals surface area contributed by atoms with Crippen molar-refractivity contribution in [1.29, 1.82) is 0 Å². The number of benzene rings is 1. The smallest absolute Gasteiger partial charge is 0.230 e. The molecule has 0 spiro atoms. The second-order valence-corrected chi connectivity index (χ2v) is 6.81. The number of carbonyl (C=O) groups is 1. The highest BCUT2D eigenvalue weighted by Gasteiger charge is 2.09. The van der Waals surface area contributed by atoms with Crippen molar-refractivity contribution in [2.45, 2.75) is 23.9 Å². The van der Waals surface area contributed by atoms with Crippen LogP contribution in [0.15, 0.2) is 34.3 Å². The molecule has 0 saturated heterocycles. The van der Waals surface area contributed by atoms with Crippen LogP contribution in [-0.4, -0.2) is 38.8 Å². The third-order valence-electron chi connectivity index (χ3n) is 2.88. The number of nitrogens with zero attached hydrogens (tertiary/aromatic N) is 3. The van der Waals surface area contributed by atoms with Gasteiger partial charge >= 0.3 is 0 Å². The largest absolute Gasteiger partial charge is 0.355 e. The maximum atomic E-state index is 11.8. The predicted octanol–water partition coefficient (Wildman–Crippen LogP) is 1.61. The third kappa shape index (κ3) is 4.96. The molecule has 0 atom stereocenters. The highest BCUT2D eigenvalue weighted by atomic mass is 32.2. The molecule has 1 heterocycles. The zero-order valence-corrected chi connectivity index (χ0v) is 14.2. The summed E-state index contributed by atoms with van der Waals surface area (Å²) < 4.78 is 1.38. The lowest BCUT2D eigenvalue weighted by atomic mass is 10.2. The lowest BCUT2D eigenvalue weighted by Crippen LogP contribution is -2.27. The molecule has 6 nitrogen and oxygen atoms in total. The fraction of sp³-hybridized carbons (Fsp3) is 0.357. The van der Waals surface area contributed by atoms with Gasteiger partial charge in [0, 0.05) is 17.2 Å². The standard InChI is InChI=1S/C14H19N5OS2/c1-10-3-5-12(6-4-10)21-8-7-16-13(20)9-22-14-18-17-11(2)19(14)15/h3-6H,7-9,15H2,1-2H3,(H,16,20). The average Bonchev–Trinajstić information content (AvgIpc) is 2.83. The molecule has 0 aliphatic rings. The third-order valence-corrected chi connectivity index (χ3v) is 4.84. The van der Waals surface area contributed by atoms with Crippen LogP contribution in [0.1, 0.15) is 11.4 Å². The van der Waals surface area contributed by atoms with Gasteiger partial charge in [0.25, 0.3) is 0 Å². The number of rotatable bonds is 7. The monoisotopic (exact) mass is 337 g/mol. The Morgan fingerprint density at radius 3 is 2.59 bits per heavy atom. The van der Waals surface area contributed by atoms with Crippen molar-refractivity contribution in [3.05, 3.63) is 35.7 Å². The van der Waals surface area contributed by atoms with E-state index < -0.39 is 0 Å². The van der Waals surface area contributed by atoms with E-state index in [1.165, 1.54) is 26.9 Å². The first-order chi connectivity index (χ1) is 10.6. The van der Waals surface area contributed by atoms with E-state index in [1.54, 1.807) is 18.7 Å². The molecule has 0 aliphatic carbocycles. The minimum absolute atomic E-state index is 0.0323. The van der Waals surface area contributed by atoms with Crippen LogP contribution in [0.25, 0.3) is 0 Å². The lowest BCUT2D eigenvalue weighted by molar-refractivity contribution is -0.118. The van der Waals surface area contributed by atoms with Crippen molar-refractivity contribution in [3.8, 4) is 0 Å². The Morgan fingerprint density at radius 1 is 1.23 bits per heavy atom. The number of hydrogen-bond donors (Lipinski definition) is 2. The van der Waals surface area contributed by atoms with E-state index in [1.807, 2.05) is 0 Å². The van der Waals surface area contributed by atoms with Crippen LogP contribution >= 0.6 is 23.5 Å².